The van der Waals surface area contributed by atoms with Crippen molar-refractivity contribution in [3.63, 3.8) is 0 Å². The molecule has 4 aliphatic carbocycles. The second kappa shape index (κ2) is 5.07. The fraction of sp³-hybridized carbons (Fsp3) is 0.778. The van der Waals surface area contributed by atoms with E-state index < -0.39 is 0 Å². The highest BCUT2D eigenvalue weighted by Gasteiger charge is 2.54. The Labute approximate surface area is 138 Å². The lowest BCUT2D eigenvalue weighted by atomic mass is 9.74. The zero-order chi connectivity index (χ0) is 15.6. The smallest absolute Gasteiger partial charge is 0.222 e. The predicted molar refractivity (Wildman–Crippen MR) is 91.3 cm³/mol. The fourth-order valence-corrected chi connectivity index (χ4v) is 6.20. The molecule has 1 aromatic heterocycles. The van der Waals surface area contributed by atoms with Gasteiger partial charge in [-0.25, -0.2) is 4.98 Å². The van der Waals surface area contributed by atoms with E-state index in [2.05, 4.69) is 26.3 Å². The maximum Gasteiger partial charge on any atom is 0.222 e. The van der Waals surface area contributed by atoms with Crippen LogP contribution in [0.1, 0.15) is 43.7 Å². The summed E-state index contributed by atoms with van der Waals surface area (Å²) < 4.78 is 0. The number of nitrogen functional groups attached to an aromatic ring is 1. The van der Waals surface area contributed by atoms with Gasteiger partial charge in [-0.3, -0.25) is 0 Å². The Kier molecular flexibility index (Phi) is 3.09. The van der Waals surface area contributed by atoms with E-state index in [1.54, 1.807) is 0 Å². The summed E-state index contributed by atoms with van der Waals surface area (Å²) in [4.78, 5) is 11.6. The lowest BCUT2D eigenvalue weighted by molar-refractivity contribution is 0.246. The Hall–Kier alpha value is -1.36. The van der Waals surface area contributed by atoms with E-state index in [0.29, 0.717) is 17.9 Å². The van der Waals surface area contributed by atoms with E-state index in [1.807, 2.05) is 7.05 Å². The number of nitrogens with two attached hydrogens (primary N) is 1. The van der Waals surface area contributed by atoms with Crippen molar-refractivity contribution in [1.29, 1.82) is 0 Å². The lowest BCUT2D eigenvalue weighted by Crippen LogP contribution is -2.30. The summed E-state index contributed by atoms with van der Waals surface area (Å²) in [5.41, 5.74) is 7.33. The number of likely N-dealkylation sites (N-methyl/N-ethyl adjacent to an activating group) is 1. The number of anilines is 2. The van der Waals surface area contributed by atoms with Crippen molar-refractivity contribution in [3.8, 4) is 0 Å². The highest BCUT2D eigenvalue weighted by Crippen LogP contribution is 2.64. The molecule has 3 N–H and O–H groups in total. The molecule has 1 aliphatic heterocycles. The van der Waals surface area contributed by atoms with Gasteiger partial charge in [-0.2, -0.15) is 4.98 Å². The van der Waals surface area contributed by atoms with Crippen LogP contribution < -0.4 is 16.0 Å². The molecular formula is C18H27N5. The Morgan fingerprint density at radius 3 is 2.83 bits per heavy atom. The van der Waals surface area contributed by atoms with Gasteiger partial charge in [-0.1, -0.05) is 0 Å². The topological polar surface area (TPSA) is 67.1 Å². The lowest BCUT2D eigenvalue weighted by Gasteiger charge is -2.32. The molecule has 4 bridgehead atoms. The van der Waals surface area contributed by atoms with E-state index in [-0.39, 0.29) is 0 Å². The maximum absolute atomic E-state index is 6.09. The third-order valence-electron chi connectivity index (χ3n) is 7.07. The molecule has 5 nitrogen and oxygen atoms in total. The van der Waals surface area contributed by atoms with Crippen LogP contribution >= 0.6 is 0 Å². The Bertz CT molecular complexity index is 613. The van der Waals surface area contributed by atoms with Gasteiger partial charge >= 0.3 is 0 Å². The van der Waals surface area contributed by atoms with Crippen LogP contribution in [0.4, 0.5) is 11.8 Å². The number of nitrogens with one attached hydrogen (secondary N) is 1. The number of nitrogens with zero attached hydrogens (tertiary/aromatic N) is 3. The number of rotatable bonds is 3. The molecule has 5 fully saturated rings. The molecule has 0 aromatic carbocycles. The molecule has 0 spiro atoms. The minimum absolute atomic E-state index is 0.461. The second-order valence-corrected chi connectivity index (χ2v) is 8.25. The molecule has 0 amide bonds. The van der Waals surface area contributed by atoms with Gasteiger partial charge in [0, 0.05) is 31.1 Å². The Morgan fingerprint density at radius 2 is 2.04 bits per heavy atom. The first-order chi connectivity index (χ1) is 11.2. The first kappa shape index (κ1) is 14.0. The van der Waals surface area contributed by atoms with Gasteiger partial charge < -0.3 is 16.0 Å². The third kappa shape index (κ3) is 2.16. The molecule has 6 atom stereocenters. The van der Waals surface area contributed by atoms with Crippen LogP contribution in [0.25, 0.3) is 0 Å². The van der Waals surface area contributed by atoms with Crippen molar-refractivity contribution in [1.82, 2.24) is 15.3 Å². The van der Waals surface area contributed by atoms with E-state index in [9.17, 15) is 0 Å². The van der Waals surface area contributed by atoms with Crippen LogP contribution in [0.15, 0.2) is 6.07 Å². The molecule has 23 heavy (non-hydrogen) atoms. The Balaban J connectivity index is 1.45. The molecular weight excluding hydrogens is 286 g/mol. The van der Waals surface area contributed by atoms with Crippen molar-refractivity contribution in [2.24, 2.45) is 23.7 Å². The van der Waals surface area contributed by atoms with Crippen molar-refractivity contribution >= 4 is 11.8 Å². The molecule has 1 aromatic rings. The largest absolute Gasteiger partial charge is 0.368 e. The molecule has 2 heterocycles. The van der Waals surface area contributed by atoms with Crippen LogP contribution in [-0.2, 0) is 0 Å². The molecule has 4 saturated carbocycles. The summed E-state index contributed by atoms with van der Waals surface area (Å²) in [6.07, 6.45) is 6.92. The van der Waals surface area contributed by atoms with Gasteiger partial charge in [0.05, 0.1) is 5.69 Å². The summed E-state index contributed by atoms with van der Waals surface area (Å²) >= 11 is 0. The molecule has 5 aliphatic rings. The number of hydrogen-bond donors (Lipinski definition) is 2. The zero-order valence-electron chi connectivity index (χ0n) is 13.9. The van der Waals surface area contributed by atoms with E-state index in [1.165, 1.54) is 37.8 Å². The van der Waals surface area contributed by atoms with Gasteiger partial charge in [0.2, 0.25) is 5.95 Å². The summed E-state index contributed by atoms with van der Waals surface area (Å²) in [6, 6.07) is 2.82. The molecule has 6 rings (SSSR count). The SMILES string of the molecule is CN[C@@H]1CCN(c2cc(C3C4CC5CC(C4)C3C5)nc(N)n2)C1. The van der Waals surface area contributed by atoms with Crippen LogP contribution in [0.5, 0.6) is 0 Å². The van der Waals surface area contributed by atoms with Crippen molar-refractivity contribution in [2.45, 2.75) is 44.1 Å². The van der Waals surface area contributed by atoms with Gasteiger partial charge in [0.25, 0.3) is 0 Å². The zero-order valence-corrected chi connectivity index (χ0v) is 13.9. The average molecular weight is 313 g/mol. The van der Waals surface area contributed by atoms with Crippen LogP contribution in [0.2, 0.25) is 0 Å². The fourth-order valence-electron chi connectivity index (χ4n) is 6.20. The summed E-state index contributed by atoms with van der Waals surface area (Å²) in [5, 5.41) is 3.38. The predicted octanol–water partition coefficient (Wildman–Crippen LogP) is 2.01. The molecule has 1 saturated heterocycles. The minimum atomic E-state index is 0.461. The minimum Gasteiger partial charge on any atom is -0.368 e. The molecule has 5 unspecified atom stereocenters. The van der Waals surface area contributed by atoms with E-state index in [0.717, 1.165) is 42.6 Å². The normalized spacial score (nSPS) is 41.2. The number of hydrogen-bond acceptors (Lipinski definition) is 5. The van der Waals surface area contributed by atoms with Crippen LogP contribution in [0.3, 0.4) is 0 Å². The van der Waals surface area contributed by atoms with Crippen molar-refractivity contribution in [3.05, 3.63) is 11.8 Å². The highest BCUT2D eigenvalue weighted by atomic mass is 15.2. The summed E-state index contributed by atoms with van der Waals surface area (Å²) in [7, 11) is 2.04. The number of aromatic nitrogens is 2. The molecule has 5 heteroatoms. The van der Waals surface area contributed by atoms with Gasteiger partial charge in [-0.05, 0) is 62.8 Å². The first-order valence-corrected chi connectivity index (χ1v) is 9.28. The maximum atomic E-state index is 6.09. The van der Waals surface area contributed by atoms with Gasteiger partial charge in [0.15, 0.2) is 0 Å². The van der Waals surface area contributed by atoms with Crippen molar-refractivity contribution in [2.75, 3.05) is 30.8 Å². The summed E-state index contributed by atoms with van der Waals surface area (Å²) in [6.45, 7) is 2.08. The molecule has 124 valence electrons. The van der Waals surface area contributed by atoms with E-state index in [4.69, 9.17) is 5.73 Å². The average Bonchev–Trinajstić information content (AvgIpc) is 3.18. The monoisotopic (exact) mass is 313 g/mol. The highest BCUT2D eigenvalue weighted by molar-refractivity contribution is 5.46. The quantitative estimate of drug-likeness (QED) is 0.893. The Morgan fingerprint density at radius 1 is 1.17 bits per heavy atom. The first-order valence-electron chi connectivity index (χ1n) is 9.28. The van der Waals surface area contributed by atoms with Gasteiger partial charge in [-0.15, -0.1) is 0 Å². The van der Waals surface area contributed by atoms with Crippen LogP contribution in [0, 0.1) is 23.7 Å². The van der Waals surface area contributed by atoms with Crippen molar-refractivity contribution < 1.29 is 0 Å². The standard InChI is InChI=1S/C18H27N5/c1-20-13-2-3-23(9-13)16-8-15(21-18(19)22-16)17-12-5-10-4-11(7-12)14(17)6-10/h8,10-14,17,20H,2-7,9H2,1H3,(H2,19,21,22)/t10?,11?,12?,13-,14?,17?/m1/s1. The molecule has 0 radical (unpaired) electrons. The summed E-state index contributed by atoms with van der Waals surface area (Å²) in [5.74, 6) is 5.83. The van der Waals surface area contributed by atoms with Gasteiger partial charge in [0.1, 0.15) is 5.82 Å². The second-order valence-electron chi connectivity index (χ2n) is 8.25. The van der Waals surface area contributed by atoms with E-state index >= 15 is 0 Å². The third-order valence-corrected chi connectivity index (χ3v) is 7.07. The van der Waals surface area contributed by atoms with Crippen LogP contribution in [-0.4, -0.2) is 36.1 Å².